The summed E-state index contributed by atoms with van der Waals surface area (Å²) in [6, 6.07) is 8.25. The molecule has 1 fully saturated rings. The van der Waals surface area contributed by atoms with Crippen LogP contribution < -0.4 is 10.2 Å². The van der Waals surface area contributed by atoms with Gasteiger partial charge < -0.3 is 14.7 Å². The first-order valence-electron chi connectivity index (χ1n) is 10.3. The molecule has 0 spiro atoms. The van der Waals surface area contributed by atoms with Crippen molar-refractivity contribution in [2.75, 3.05) is 18.0 Å². The van der Waals surface area contributed by atoms with E-state index in [4.69, 9.17) is 4.52 Å². The van der Waals surface area contributed by atoms with E-state index in [1.807, 2.05) is 13.8 Å². The highest BCUT2D eigenvalue weighted by atomic mass is 16.5. The number of nitrogens with zero attached hydrogens (tertiary/aromatic N) is 4. The lowest BCUT2D eigenvalue weighted by atomic mass is 9.96. The zero-order chi connectivity index (χ0) is 20.4. The molecular formula is C22H27N5O2. The van der Waals surface area contributed by atoms with E-state index in [0.717, 1.165) is 48.3 Å². The highest BCUT2D eigenvalue weighted by Crippen LogP contribution is 2.30. The third-order valence-corrected chi connectivity index (χ3v) is 5.51. The Hall–Kier alpha value is -2.96. The molecule has 2 aromatic heterocycles. The predicted molar refractivity (Wildman–Crippen MR) is 112 cm³/mol. The van der Waals surface area contributed by atoms with Crippen molar-refractivity contribution in [3.05, 3.63) is 46.9 Å². The molecule has 1 saturated heterocycles. The SMILES string of the molecule is CCc1noc2nc(C)nc(N3CCC[C@H](C(=O)NCc4ccc(C)cc4)C3)c12. The second kappa shape index (κ2) is 8.19. The third-order valence-electron chi connectivity index (χ3n) is 5.51. The summed E-state index contributed by atoms with van der Waals surface area (Å²) in [6.45, 7) is 8.01. The number of piperidine rings is 1. The van der Waals surface area contributed by atoms with E-state index in [9.17, 15) is 4.79 Å². The number of anilines is 1. The number of hydrogen-bond acceptors (Lipinski definition) is 6. The Balaban J connectivity index is 1.49. The molecule has 0 aliphatic carbocycles. The van der Waals surface area contributed by atoms with Crippen molar-refractivity contribution in [1.82, 2.24) is 20.4 Å². The number of carbonyl (C=O) groups is 1. The van der Waals surface area contributed by atoms with Gasteiger partial charge in [-0.05, 0) is 38.7 Å². The van der Waals surface area contributed by atoms with Gasteiger partial charge in [0.2, 0.25) is 5.91 Å². The van der Waals surface area contributed by atoms with Gasteiger partial charge in [-0.2, -0.15) is 4.98 Å². The Morgan fingerprint density at radius 1 is 1.24 bits per heavy atom. The molecule has 3 heterocycles. The number of nitrogens with one attached hydrogen (secondary N) is 1. The molecule has 1 amide bonds. The summed E-state index contributed by atoms with van der Waals surface area (Å²) >= 11 is 0. The van der Waals surface area contributed by atoms with Crippen LogP contribution in [0.4, 0.5) is 5.82 Å². The van der Waals surface area contributed by atoms with Gasteiger partial charge in [-0.15, -0.1) is 0 Å². The Morgan fingerprint density at radius 2 is 2.03 bits per heavy atom. The van der Waals surface area contributed by atoms with E-state index in [0.29, 0.717) is 24.6 Å². The van der Waals surface area contributed by atoms with Gasteiger partial charge in [0.1, 0.15) is 17.0 Å². The molecule has 1 aliphatic heterocycles. The first-order valence-corrected chi connectivity index (χ1v) is 10.3. The quantitative estimate of drug-likeness (QED) is 0.716. The zero-order valence-electron chi connectivity index (χ0n) is 17.2. The Bertz CT molecular complexity index is 1010. The van der Waals surface area contributed by atoms with E-state index in [2.05, 4.69) is 56.5 Å². The minimum absolute atomic E-state index is 0.0653. The second-order valence-electron chi connectivity index (χ2n) is 7.75. The largest absolute Gasteiger partial charge is 0.355 e. The van der Waals surface area contributed by atoms with Crippen LogP contribution in [-0.4, -0.2) is 34.1 Å². The fourth-order valence-corrected chi connectivity index (χ4v) is 3.89. The van der Waals surface area contributed by atoms with Crippen molar-refractivity contribution < 1.29 is 9.32 Å². The van der Waals surface area contributed by atoms with Crippen LogP contribution in [0.5, 0.6) is 0 Å². The molecule has 1 aliphatic rings. The van der Waals surface area contributed by atoms with E-state index in [-0.39, 0.29) is 11.8 Å². The van der Waals surface area contributed by atoms with E-state index in [1.165, 1.54) is 5.56 Å². The number of amides is 1. The fraction of sp³-hybridized carbons (Fsp3) is 0.455. The molecule has 1 atom stereocenters. The van der Waals surface area contributed by atoms with Gasteiger partial charge in [0.25, 0.3) is 5.71 Å². The van der Waals surface area contributed by atoms with Gasteiger partial charge in [0.15, 0.2) is 0 Å². The lowest BCUT2D eigenvalue weighted by molar-refractivity contribution is -0.125. The Kier molecular flexibility index (Phi) is 5.47. The summed E-state index contributed by atoms with van der Waals surface area (Å²) in [7, 11) is 0. The van der Waals surface area contributed by atoms with Crippen LogP contribution in [0.15, 0.2) is 28.8 Å². The average Bonchev–Trinajstić information content (AvgIpc) is 3.15. The minimum atomic E-state index is -0.0653. The first-order chi connectivity index (χ1) is 14.0. The smallest absolute Gasteiger partial charge is 0.263 e. The van der Waals surface area contributed by atoms with Gasteiger partial charge in [-0.25, -0.2) is 4.98 Å². The number of hydrogen-bond donors (Lipinski definition) is 1. The van der Waals surface area contributed by atoms with Crippen LogP contribution in [0.1, 0.15) is 42.4 Å². The van der Waals surface area contributed by atoms with Crippen molar-refractivity contribution in [3.8, 4) is 0 Å². The van der Waals surface area contributed by atoms with Crippen LogP contribution in [-0.2, 0) is 17.8 Å². The van der Waals surface area contributed by atoms with Crippen molar-refractivity contribution >= 4 is 22.8 Å². The van der Waals surface area contributed by atoms with Gasteiger partial charge >= 0.3 is 0 Å². The summed E-state index contributed by atoms with van der Waals surface area (Å²) in [5, 5.41) is 8.12. The van der Waals surface area contributed by atoms with Crippen molar-refractivity contribution in [2.45, 2.75) is 46.6 Å². The van der Waals surface area contributed by atoms with Crippen LogP contribution in [0.2, 0.25) is 0 Å². The average molecular weight is 393 g/mol. The summed E-state index contributed by atoms with van der Waals surface area (Å²) in [4.78, 5) is 24.1. The van der Waals surface area contributed by atoms with Crippen LogP contribution in [0.3, 0.4) is 0 Å². The first kappa shape index (κ1) is 19.4. The molecule has 1 aromatic carbocycles. The predicted octanol–water partition coefficient (Wildman–Crippen LogP) is 3.33. The molecule has 7 heteroatoms. The number of fused-ring (bicyclic) bond motifs is 1. The van der Waals surface area contributed by atoms with Crippen LogP contribution >= 0.6 is 0 Å². The maximum atomic E-state index is 12.8. The molecule has 152 valence electrons. The lowest BCUT2D eigenvalue weighted by Crippen LogP contribution is -2.43. The molecule has 0 unspecified atom stereocenters. The molecule has 0 radical (unpaired) electrons. The Morgan fingerprint density at radius 3 is 2.79 bits per heavy atom. The highest BCUT2D eigenvalue weighted by molar-refractivity contribution is 5.89. The molecule has 29 heavy (non-hydrogen) atoms. The summed E-state index contributed by atoms with van der Waals surface area (Å²) in [5.41, 5.74) is 3.72. The topological polar surface area (TPSA) is 84.2 Å². The summed E-state index contributed by atoms with van der Waals surface area (Å²) in [6.07, 6.45) is 2.58. The molecule has 1 N–H and O–H groups in total. The summed E-state index contributed by atoms with van der Waals surface area (Å²) in [5.74, 6) is 1.52. The summed E-state index contributed by atoms with van der Waals surface area (Å²) < 4.78 is 5.42. The standard InChI is InChI=1S/C22H27N5O2/c1-4-18-19-20(24-15(3)25-22(19)29-26-18)27-11-5-6-17(13-27)21(28)23-12-16-9-7-14(2)8-10-16/h7-10,17H,4-6,11-13H2,1-3H3,(H,23,28)/t17-/m0/s1. The molecule has 0 bridgehead atoms. The zero-order valence-corrected chi connectivity index (χ0v) is 17.2. The van der Waals surface area contributed by atoms with Gasteiger partial charge in [-0.1, -0.05) is 41.9 Å². The number of benzene rings is 1. The van der Waals surface area contributed by atoms with Crippen molar-refractivity contribution in [1.29, 1.82) is 0 Å². The van der Waals surface area contributed by atoms with Crippen molar-refractivity contribution in [2.24, 2.45) is 5.92 Å². The number of aryl methyl sites for hydroxylation is 3. The normalized spacial score (nSPS) is 16.9. The molecule has 4 rings (SSSR count). The highest BCUT2D eigenvalue weighted by Gasteiger charge is 2.29. The third kappa shape index (κ3) is 4.09. The van der Waals surface area contributed by atoms with Crippen LogP contribution in [0.25, 0.3) is 11.1 Å². The minimum Gasteiger partial charge on any atom is -0.355 e. The van der Waals surface area contributed by atoms with Crippen LogP contribution in [0, 0.1) is 19.8 Å². The Labute approximate surface area is 170 Å². The molecular weight excluding hydrogens is 366 g/mol. The monoisotopic (exact) mass is 393 g/mol. The second-order valence-corrected chi connectivity index (χ2v) is 7.75. The van der Waals surface area contributed by atoms with Gasteiger partial charge in [0.05, 0.1) is 11.6 Å². The van der Waals surface area contributed by atoms with Gasteiger partial charge in [-0.3, -0.25) is 4.79 Å². The van der Waals surface area contributed by atoms with E-state index < -0.39 is 0 Å². The number of carbonyl (C=O) groups excluding carboxylic acids is 1. The van der Waals surface area contributed by atoms with E-state index in [1.54, 1.807) is 0 Å². The molecule has 3 aromatic rings. The maximum Gasteiger partial charge on any atom is 0.263 e. The molecule has 7 nitrogen and oxygen atoms in total. The number of aromatic nitrogens is 3. The fourth-order valence-electron chi connectivity index (χ4n) is 3.89. The maximum absolute atomic E-state index is 12.8. The van der Waals surface area contributed by atoms with E-state index >= 15 is 0 Å². The lowest BCUT2D eigenvalue weighted by Gasteiger charge is -2.33. The number of rotatable bonds is 5. The van der Waals surface area contributed by atoms with Crippen molar-refractivity contribution in [3.63, 3.8) is 0 Å². The van der Waals surface area contributed by atoms with Gasteiger partial charge in [0, 0.05) is 19.6 Å². The molecule has 0 saturated carbocycles.